The molecule has 2 N–H and O–H groups in total. The van der Waals surface area contributed by atoms with Crippen LogP contribution in [0.3, 0.4) is 0 Å². The fourth-order valence-corrected chi connectivity index (χ4v) is 2.20. The zero-order chi connectivity index (χ0) is 13.0. The van der Waals surface area contributed by atoms with Crippen molar-refractivity contribution in [2.75, 3.05) is 25.6 Å². The number of anilines is 1. The van der Waals surface area contributed by atoms with Gasteiger partial charge >= 0.3 is 0 Å². The lowest BCUT2D eigenvalue weighted by atomic mass is 10.0. The van der Waals surface area contributed by atoms with E-state index in [1.54, 1.807) is 7.11 Å². The van der Waals surface area contributed by atoms with E-state index < -0.39 is 0 Å². The van der Waals surface area contributed by atoms with Gasteiger partial charge in [0.05, 0.1) is 0 Å². The summed E-state index contributed by atoms with van der Waals surface area (Å²) >= 11 is 0. The summed E-state index contributed by atoms with van der Waals surface area (Å²) in [7, 11) is 1.69. The second-order valence-corrected chi connectivity index (χ2v) is 4.50. The van der Waals surface area contributed by atoms with Gasteiger partial charge < -0.3 is 15.4 Å². The number of hydrogen-bond acceptors (Lipinski definition) is 3. The summed E-state index contributed by atoms with van der Waals surface area (Å²) < 4.78 is 5.00. The molecule has 1 unspecified atom stereocenters. The molecule has 0 bridgehead atoms. The Balaban J connectivity index is 2.06. The second-order valence-electron chi connectivity index (χ2n) is 4.50. The quantitative estimate of drug-likeness (QED) is 0.756. The van der Waals surface area contributed by atoms with E-state index in [0.717, 1.165) is 30.6 Å². The summed E-state index contributed by atoms with van der Waals surface area (Å²) in [6.07, 6.45) is 1.89. The molecule has 0 aromatic heterocycles. The first kappa shape index (κ1) is 13.1. The highest BCUT2D eigenvalue weighted by Crippen LogP contribution is 2.31. The minimum atomic E-state index is -0.219. The van der Waals surface area contributed by atoms with Crippen molar-refractivity contribution in [2.24, 2.45) is 0 Å². The molecule has 4 nitrogen and oxygen atoms in total. The van der Waals surface area contributed by atoms with Crippen molar-refractivity contribution in [1.29, 1.82) is 0 Å². The van der Waals surface area contributed by atoms with Crippen LogP contribution in [-0.4, -0.2) is 26.2 Å². The van der Waals surface area contributed by atoms with Crippen LogP contribution in [-0.2, 0) is 16.0 Å². The molecular formula is C14H20N2O2. The zero-order valence-corrected chi connectivity index (χ0v) is 11.0. The molecule has 0 saturated heterocycles. The molecule has 1 aliphatic heterocycles. The first-order chi connectivity index (χ1) is 8.76. The number of amides is 1. The summed E-state index contributed by atoms with van der Waals surface area (Å²) in [6, 6.07) is 5.94. The third kappa shape index (κ3) is 2.71. The number of hydrogen-bond donors (Lipinski definition) is 2. The van der Waals surface area contributed by atoms with Crippen molar-refractivity contribution in [3.8, 4) is 0 Å². The highest BCUT2D eigenvalue weighted by Gasteiger charge is 2.29. The average Bonchev–Trinajstić information content (AvgIpc) is 2.70. The maximum Gasteiger partial charge on any atom is 0.246 e. The van der Waals surface area contributed by atoms with E-state index in [0.29, 0.717) is 6.61 Å². The van der Waals surface area contributed by atoms with Crippen LogP contribution in [0.4, 0.5) is 5.69 Å². The van der Waals surface area contributed by atoms with Gasteiger partial charge in [-0.2, -0.15) is 0 Å². The van der Waals surface area contributed by atoms with Crippen LogP contribution in [0, 0.1) is 0 Å². The van der Waals surface area contributed by atoms with Gasteiger partial charge in [-0.05, 0) is 31.0 Å². The maximum atomic E-state index is 11.9. The molecule has 4 heteroatoms. The number of fused-ring (bicyclic) bond motifs is 1. The Bertz CT molecular complexity index is 432. The third-order valence-corrected chi connectivity index (χ3v) is 3.23. The standard InChI is InChI=1S/C14H20N2O2/c1-3-10-5-6-12-11(9-10)13(14(17)16-12)15-7-4-8-18-2/h5-6,9,13,15H,3-4,7-8H2,1-2H3,(H,16,17). The Labute approximate surface area is 108 Å². The smallest absolute Gasteiger partial charge is 0.246 e. The molecule has 0 saturated carbocycles. The molecule has 2 rings (SSSR count). The summed E-state index contributed by atoms with van der Waals surface area (Å²) in [5.74, 6) is 0.0377. The fourth-order valence-electron chi connectivity index (χ4n) is 2.20. The third-order valence-electron chi connectivity index (χ3n) is 3.23. The lowest BCUT2D eigenvalue weighted by molar-refractivity contribution is -0.117. The van der Waals surface area contributed by atoms with Gasteiger partial charge in [0.1, 0.15) is 6.04 Å². The van der Waals surface area contributed by atoms with Crippen molar-refractivity contribution >= 4 is 11.6 Å². The number of benzene rings is 1. The van der Waals surface area contributed by atoms with Crippen LogP contribution in [0.15, 0.2) is 18.2 Å². The van der Waals surface area contributed by atoms with Crippen LogP contribution >= 0.6 is 0 Å². The van der Waals surface area contributed by atoms with Crippen LogP contribution in [0.5, 0.6) is 0 Å². The van der Waals surface area contributed by atoms with Gasteiger partial charge in [-0.3, -0.25) is 4.79 Å². The molecule has 0 aliphatic carbocycles. The number of nitrogens with one attached hydrogen (secondary N) is 2. The van der Waals surface area contributed by atoms with E-state index in [1.807, 2.05) is 6.07 Å². The van der Waals surface area contributed by atoms with Gasteiger partial charge in [0, 0.05) is 25.0 Å². The minimum Gasteiger partial charge on any atom is -0.385 e. The lowest BCUT2D eigenvalue weighted by Crippen LogP contribution is -2.28. The predicted octanol–water partition coefficient (Wildman–Crippen LogP) is 1.87. The lowest BCUT2D eigenvalue weighted by Gasteiger charge is -2.11. The highest BCUT2D eigenvalue weighted by atomic mass is 16.5. The summed E-state index contributed by atoms with van der Waals surface area (Å²) in [4.78, 5) is 11.9. The van der Waals surface area contributed by atoms with E-state index in [4.69, 9.17) is 4.74 Å². The maximum absolute atomic E-state index is 11.9. The average molecular weight is 248 g/mol. The highest BCUT2D eigenvalue weighted by molar-refractivity contribution is 6.02. The number of ether oxygens (including phenoxy) is 1. The zero-order valence-electron chi connectivity index (χ0n) is 11.0. The van der Waals surface area contributed by atoms with Gasteiger partial charge in [0.2, 0.25) is 5.91 Å². The van der Waals surface area contributed by atoms with Gasteiger partial charge in [-0.15, -0.1) is 0 Å². The minimum absolute atomic E-state index is 0.0377. The van der Waals surface area contributed by atoms with Crippen LogP contribution in [0.1, 0.15) is 30.5 Å². The Morgan fingerprint density at radius 3 is 3.00 bits per heavy atom. The van der Waals surface area contributed by atoms with Crippen molar-refractivity contribution < 1.29 is 9.53 Å². The summed E-state index contributed by atoms with van der Waals surface area (Å²) in [5.41, 5.74) is 3.26. The van der Waals surface area contributed by atoms with E-state index in [9.17, 15) is 4.79 Å². The molecule has 98 valence electrons. The van der Waals surface area contributed by atoms with E-state index in [1.165, 1.54) is 5.56 Å². The predicted molar refractivity (Wildman–Crippen MR) is 71.7 cm³/mol. The SMILES string of the molecule is CCc1ccc2c(c1)C(NCCCOC)C(=O)N2. The first-order valence-electron chi connectivity index (χ1n) is 6.42. The van der Waals surface area contributed by atoms with E-state index >= 15 is 0 Å². The first-order valence-corrected chi connectivity index (χ1v) is 6.42. The molecule has 1 heterocycles. The van der Waals surface area contributed by atoms with Gasteiger partial charge in [0.15, 0.2) is 0 Å². The second kappa shape index (κ2) is 5.98. The molecule has 18 heavy (non-hydrogen) atoms. The Kier molecular flexibility index (Phi) is 4.33. The molecule has 1 aromatic carbocycles. The molecule has 0 radical (unpaired) electrons. The van der Waals surface area contributed by atoms with Gasteiger partial charge in [0.25, 0.3) is 0 Å². The topological polar surface area (TPSA) is 50.4 Å². The van der Waals surface area contributed by atoms with E-state index in [-0.39, 0.29) is 11.9 Å². The monoisotopic (exact) mass is 248 g/mol. The number of aryl methyl sites for hydroxylation is 1. The number of carbonyl (C=O) groups is 1. The van der Waals surface area contributed by atoms with Crippen molar-refractivity contribution in [1.82, 2.24) is 5.32 Å². The van der Waals surface area contributed by atoms with E-state index in [2.05, 4.69) is 29.7 Å². The molecule has 1 atom stereocenters. The number of methoxy groups -OCH3 is 1. The van der Waals surface area contributed by atoms with Gasteiger partial charge in [-0.1, -0.05) is 19.1 Å². The molecular weight excluding hydrogens is 228 g/mol. The molecule has 1 amide bonds. The van der Waals surface area contributed by atoms with Crippen LogP contribution < -0.4 is 10.6 Å². The molecule has 0 spiro atoms. The molecule has 1 aliphatic rings. The molecule has 1 aromatic rings. The largest absolute Gasteiger partial charge is 0.385 e. The number of carbonyl (C=O) groups excluding carboxylic acids is 1. The van der Waals surface area contributed by atoms with Crippen LogP contribution in [0.2, 0.25) is 0 Å². The summed E-state index contributed by atoms with van der Waals surface area (Å²) in [6.45, 7) is 3.61. The Morgan fingerprint density at radius 1 is 1.44 bits per heavy atom. The van der Waals surface area contributed by atoms with Crippen molar-refractivity contribution in [3.05, 3.63) is 29.3 Å². The Hall–Kier alpha value is -1.39. The summed E-state index contributed by atoms with van der Waals surface area (Å²) in [5, 5.41) is 6.19. The Morgan fingerprint density at radius 2 is 2.28 bits per heavy atom. The van der Waals surface area contributed by atoms with Crippen LogP contribution in [0.25, 0.3) is 0 Å². The number of rotatable bonds is 6. The van der Waals surface area contributed by atoms with Crippen molar-refractivity contribution in [2.45, 2.75) is 25.8 Å². The normalized spacial score (nSPS) is 17.7. The fraction of sp³-hybridized carbons (Fsp3) is 0.500. The molecule has 0 fully saturated rings. The van der Waals surface area contributed by atoms with Gasteiger partial charge in [-0.25, -0.2) is 0 Å². The van der Waals surface area contributed by atoms with Crippen molar-refractivity contribution in [3.63, 3.8) is 0 Å².